The van der Waals surface area contributed by atoms with Crippen molar-refractivity contribution in [1.29, 1.82) is 5.26 Å². The average molecular weight is 976 g/mol. The first-order chi connectivity index (χ1) is 32.1. The summed E-state index contributed by atoms with van der Waals surface area (Å²) in [5, 5.41) is 13.3. The van der Waals surface area contributed by atoms with Crippen molar-refractivity contribution in [3.8, 4) is 11.8 Å². The summed E-state index contributed by atoms with van der Waals surface area (Å²) in [6.45, 7) is 0. The van der Waals surface area contributed by atoms with Crippen LogP contribution < -0.4 is 31.4 Å². The van der Waals surface area contributed by atoms with Gasteiger partial charge >= 0.3 is 0 Å². The summed E-state index contributed by atoms with van der Waals surface area (Å²) in [6.07, 6.45) is -3.52. The highest BCUT2D eigenvalue weighted by Gasteiger charge is 2.52. The Hall–Kier alpha value is -7.84. The van der Waals surface area contributed by atoms with Gasteiger partial charge in [-0.1, -0.05) is 54.6 Å². The first-order valence-electron chi connectivity index (χ1n) is 18.3. The Morgan fingerprint density at radius 1 is 0.324 bits per heavy atom. The summed E-state index contributed by atoms with van der Waals surface area (Å²) in [6, 6.07) is 23.8. The van der Waals surface area contributed by atoms with E-state index >= 15 is 35.1 Å². The minimum absolute atomic E-state index is 0.682. The number of pyridine rings is 1. The second kappa shape index (κ2) is 17.8. The Bertz CT molecular complexity index is 3020. The zero-order valence-electron chi connectivity index (χ0n) is 32.4. The van der Waals surface area contributed by atoms with Gasteiger partial charge in [0.15, 0.2) is 69.8 Å². The maximum atomic E-state index is 15.4. The highest BCUT2D eigenvalue weighted by atomic mass is 19.2. The van der Waals surface area contributed by atoms with E-state index in [9.17, 15) is 57.9 Å². The highest BCUT2D eigenvalue weighted by molar-refractivity contribution is 7.20. The molecule has 0 spiro atoms. The molecule has 0 fully saturated rings. The lowest BCUT2D eigenvalue weighted by atomic mass is 9.12. The van der Waals surface area contributed by atoms with Gasteiger partial charge in [0.2, 0.25) is 18.1 Å². The minimum atomic E-state index is -7.22. The van der Waals surface area contributed by atoms with Crippen LogP contribution >= 0.6 is 0 Å². The average Bonchev–Trinajstić information content (AvgIpc) is 3.34. The molecule has 24 heteroatoms. The van der Waals surface area contributed by atoms with Crippen LogP contribution in [0.5, 0.6) is 5.75 Å². The third-order valence-corrected chi connectivity index (χ3v) is 10.6. The van der Waals surface area contributed by atoms with Crippen LogP contribution in [0.1, 0.15) is 5.56 Å². The zero-order valence-corrected chi connectivity index (χ0v) is 32.4. The van der Waals surface area contributed by atoms with Gasteiger partial charge in [-0.2, -0.15) is 5.26 Å². The Labute approximate surface area is 364 Å². The van der Waals surface area contributed by atoms with Crippen molar-refractivity contribution >= 4 is 49.5 Å². The lowest BCUT2D eigenvalue weighted by Gasteiger charge is -2.44. The number of nitriles is 1. The molecule has 0 radical (unpaired) electrons. The van der Waals surface area contributed by atoms with Crippen LogP contribution in [0, 0.1) is 128 Å². The van der Waals surface area contributed by atoms with Gasteiger partial charge < -0.3 is 0 Å². The molecule has 3 nitrogen and oxygen atoms in total. The molecular weight excluding hydrogens is 963 g/mol. The van der Waals surface area contributed by atoms with Gasteiger partial charge in [0.05, 0.1) is 5.56 Å². The maximum absolute atomic E-state index is 15.4. The molecule has 0 aliphatic carbocycles. The minimum Gasteiger partial charge on any atom is -0.230 e. The van der Waals surface area contributed by atoms with Crippen LogP contribution in [0.3, 0.4) is 0 Å². The fourth-order valence-electron chi connectivity index (χ4n) is 7.73. The molecule has 1 heterocycles. The molecule has 0 aliphatic rings. The van der Waals surface area contributed by atoms with Crippen LogP contribution in [-0.2, 0) is 0 Å². The molecule has 0 aliphatic heterocycles. The lowest BCUT2D eigenvalue weighted by molar-refractivity contribution is -0.874. The van der Waals surface area contributed by atoms with Crippen LogP contribution in [0.4, 0.5) is 87.8 Å². The SMILES string of the molecule is Fc1c(F)c(F)c([B-](c2c(F)c(F)c(F)c(F)c2F)(c2c(F)c(F)c(F)c(F)c2F)c2c(F)c(F)c(F)c(F)c2F)c(F)c1F.N#Cc1c2ccccc2c(O[n+]2ccccc2)c2ccccc12. The second-order valence-corrected chi connectivity index (χ2v) is 14.0. The molecule has 7 aromatic carbocycles. The van der Waals surface area contributed by atoms with Crippen LogP contribution in [-0.4, -0.2) is 6.15 Å². The molecule has 0 N–H and O–H groups in total. The number of aromatic nitrogens is 1. The molecule has 68 heavy (non-hydrogen) atoms. The first-order valence-corrected chi connectivity index (χ1v) is 18.3. The summed E-state index contributed by atoms with van der Waals surface area (Å²) in [5.74, 6) is -70.6. The molecule has 1 aromatic heterocycles. The van der Waals surface area contributed by atoms with Crippen molar-refractivity contribution in [2.24, 2.45) is 0 Å². The molecule has 0 saturated heterocycles. The van der Waals surface area contributed by atoms with E-state index in [0.29, 0.717) is 5.56 Å². The number of hydrogen-bond donors (Lipinski definition) is 0. The summed E-state index contributed by atoms with van der Waals surface area (Å²) in [7, 11) is 0. The van der Waals surface area contributed by atoms with Crippen molar-refractivity contribution in [2.75, 3.05) is 0 Å². The fourth-order valence-corrected chi connectivity index (χ4v) is 7.73. The fraction of sp³-hybridized carbons (Fsp3) is 0. The molecule has 8 rings (SSSR count). The van der Waals surface area contributed by atoms with E-state index in [4.69, 9.17) is 4.84 Å². The van der Waals surface area contributed by atoms with E-state index in [1.807, 2.05) is 79.1 Å². The van der Waals surface area contributed by atoms with E-state index in [1.54, 1.807) is 4.73 Å². The van der Waals surface area contributed by atoms with Gasteiger partial charge in [0.1, 0.15) is 58.8 Å². The Kier molecular flexibility index (Phi) is 12.6. The van der Waals surface area contributed by atoms with Crippen LogP contribution in [0.2, 0.25) is 0 Å². The third kappa shape index (κ3) is 7.05. The molecule has 8 aromatic rings. The first kappa shape index (κ1) is 48.1. The van der Waals surface area contributed by atoms with E-state index < -0.39 is 144 Å². The molecule has 0 amide bonds. The van der Waals surface area contributed by atoms with Gasteiger partial charge in [-0.25, -0.2) is 92.6 Å². The molecule has 0 bridgehead atoms. The second-order valence-electron chi connectivity index (χ2n) is 14.0. The Morgan fingerprint density at radius 2 is 0.559 bits per heavy atom. The quantitative estimate of drug-likeness (QED) is 0.0416. The van der Waals surface area contributed by atoms with E-state index in [-0.39, 0.29) is 0 Å². The number of rotatable bonds is 6. The van der Waals surface area contributed by atoms with Crippen molar-refractivity contribution in [3.63, 3.8) is 0 Å². The third-order valence-electron chi connectivity index (χ3n) is 10.6. The van der Waals surface area contributed by atoms with Crippen molar-refractivity contribution in [3.05, 3.63) is 201 Å². The van der Waals surface area contributed by atoms with Crippen molar-refractivity contribution < 1.29 is 97.4 Å². The molecule has 0 saturated carbocycles. The summed E-state index contributed by atoms with van der Waals surface area (Å²) < 4.78 is 296. The van der Waals surface area contributed by atoms with Gasteiger partial charge in [0, 0.05) is 38.4 Å². The molecular formula is C44H13BF20N2O. The standard InChI is InChI=1S/C24BF20.C20H13N2O/c26-5-1(6(27)14(35)21(42)13(5)34)25(2-7(28)15(36)22(43)16(37)8(2)29,3-9(30)17(38)23(44)18(39)10(3)31)4-11(32)19(40)24(45)20(41)12(4)33;21-14-19-15-8-2-4-10-17(15)20(18-11-5-3-9-16(18)19)23-22-12-6-1-7-13-22/h;1-13H/q-1;+1. The van der Waals surface area contributed by atoms with Crippen LogP contribution in [0.25, 0.3) is 21.5 Å². The smallest absolute Gasteiger partial charge is 0.223 e. The number of benzene rings is 7. The van der Waals surface area contributed by atoms with E-state index in [0.717, 1.165) is 27.3 Å². The van der Waals surface area contributed by atoms with E-state index in [2.05, 4.69) is 6.07 Å². The molecule has 348 valence electrons. The van der Waals surface area contributed by atoms with Gasteiger partial charge in [-0.05, 0) is 0 Å². The Morgan fingerprint density at radius 3 is 0.809 bits per heavy atom. The monoisotopic (exact) mass is 976 g/mol. The molecule has 0 unspecified atom stereocenters. The predicted octanol–water partition coefficient (Wildman–Crippen LogP) is 9.84. The van der Waals surface area contributed by atoms with Gasteiger partial charge in [-0.3, -0.25) is 0 Å². The highest BCUT2D eigenvalue weighted by Crippen LogP contribution is 2.38. The maximum Gasteiger partial charge on any atom is 0.223 e. The largest absolute Gasteiger partial charge is 0.230 e. The summed E-state index contributed by atoms with van der Waals surface area (Å²) in [5.41, 5.74) is -13.6. The number of nitrogens with zero attached hydrogens (tertiary/aromatic N) is 2. The van der Waals surface area contributed by atoms with Crippen LogP contribution in [0.15, 0.2) is 79.1 Å². The van der Waals surface area contributed by atoms with Crippen molar-refractivity contribution in [2.45, 2.75) is 0 Å². The van der Waals surface area contributed by atoms with Gasteiger partial charge in [-0.15, -0.1) is 21.9 Å². The number of halogens is 20. The van der Waals surface area contributed by atoms with E-state index in [1.165, 1.54) is 0 Å². The number of hydrogen-bond acceptors (Lipinski definition) is 2. The summed E-state index contributed by atoms with van der Waals surface area (Å²) in [4.78, 5) is 6.11. The van der Waals surface area contributed by atoms with Gasteiger partial charge in [0.25, 0.3) is 0 Å². The lowest BCUT2D eigenvalue weighted by Crippen LogP contribution is -2.81. The van der Waals surface area contributed by atoms with Crippen molar-refractivity contribution in [1.82, 2.24) is 0 Å². The number of fused-ring (bicyclic) bond motifs is 2. The summed E-state index contributed by atoms with van der Waals surface area (Å²) >= 11 is 0. The normalized spacial score (nSPS) is 11.5. The topological polar surface area (TPSA) is 36.9 Å². The zero-order chi connectivity index (χ0) is 50.0. The molecule has 0 atom stereocenters. The predicted molar refractivity (Wildman–Crippen MR) is 198 cm³/mol. The Balaban J connectivity index is 0.000000246.